The van der Waals surface area contributed by atoms with Crippen molar-refractivity contribution in [3.05, 3.63) is 59.7 Å². The van der Waals surface area contributed by atoms with Crippen LogP contribution in [0.3, 0.4) is 0 Å². The lowest BCUT2D eigenvalue weighted by atomic mass is 9.64. The zero-order valence-corrected chi connectivity index (χ0v) is 20.2. The van der Waals surface area contributed by atoms with Gasteiger partial charge in [0, 0.05) is 32.5 Å². The standard InChI is InChI=1S/C23H30N4O2.HI/c1-17(28)27-20-14-18(10-11-21(20)29-3)15-25-22(24-2)26-16-23(12-7-13-23)19-8-5-4-6-9-19;/h4-6,8-11,14H,7,12-13,15-16H2,1-3H3,(H,27,28)(H2,24,25,26);1H. The fraction of sp³-hybridized carbons (Fsp3) is 0.391. The summed E-state index contributed by atoms with van der Waals surface area (Å²) in [5, 5.41) is 9.66. The Balaban J connectivity index is 0.00000320. The maximum absolute atomic E-state index is 11.4. The van der Waals surface area contributed by atoms with E-state index in [2.05, 4.69) is 51.3 Å². The number of amides is 1. The number of halogens is 1. The second-order valence-corrected chi connectivity index (χ2v) is 7.50. The molecule has 0 aliphatic heterocycles. The van der Waals surface area contributed by atoms with Gasteiger partial charge in [-0.3, -0.25) is 9.79 Å². The van der Waals surface area contributed by atoms with Crippen molar-refractivity contribution < 1.29 is 9.53 Å². The lowest BCUT2D eigenvalue weighted by molar-refractivity contribution is -0.114. The van der Waals surface area contributed by atoms with Crippen molar-refractivity contribution in [1.82, 2.24) is 10.6 Å². The maximum atomic E-state index is 11.4. The molecule has 3 N–H and O–H groups in total. The molecule has 0 saturated heterocycles. The first-order valence-corrected chi connectivity index (χ1v) is 10.0. The molecule has 2 aromatic rings. The fourth-order valence-electron chi connectivity index (χ4n) is 3.77. The Morgan fingerprint density at radius 3 is 2.43 bits per heavy atom. The minimum absolute atomic E-state index is 0. The van der Waals surface area contributed by atoms with Gasteiger partial charge in [0.05, 0.1) is 12.8 Å². The molecule has 1 fully saturated rings. The summed E-state index contributed by atoms with van der Waals surface area (Å²) in [4.78, 5) is 15.8. The second kappa shape index (κ2) is 11.2. The second-order valence-electron chi connectivity index (χ2n) is 7.50. The smallest absolute Gasteiger partial charge is 0.221 e. The molecule has 2 aromatic carbocycles. The topological polar surface area (TPSA) is 74.8 Å². The zero-order valence-electron chi connectivity index (χ0n) is 17.8. The summed E-state index contributed by atoms with van der Waals surface area (Å²) >= 11 is 0. The van der Waals surface area contributed by atoms with Crippen LogP contribution in [0.1, 0.15) is 37.3 Å². The molecule has 0 bridgehead atoms. The van der Waals surface area contributed by atoms with Gasteiger partial charge in [0.1, 0.15) is 5.75 Å². The first kappa shape index (κ1) is 24.0. The molecule has 0 unspecified atom stereocenters. The first-order chi connectivity index (χ1) is 14.1. The number of carbonyl (C=O) groups is 1. The van der Waals surface area contributed by atoms with Crippen molar-refractivity contribution in [2.45, 2.75) is 38.1 Å². The van der Waals surface area contributed by atoms with E-state index in [0.29, 0.717) is 18.0 Å². The molecule has 0 atom stereocenters. The van der Waals surface area contributed by atoms with Crippen molar-refractivity contribution >= 4 is 41.5 Å². The SMILES string of the molecule is CN=C(NCc1ccc(OC)c(NC(C)=O)c1)NCC1(c2ccccc2)CCC1.I. The number of guanidine groups is 1. The van der Waals surface area contributed by atoms with Gasteiger partial charge in [0.25, 0.3) is 0 Å². The summed E-state index contributed by atoms with van der Waals surface area (Å²) in [5.41, 5.74) is 3.28. The number of aliphatic imine (C=N–C) groups is 1. The Bertz CT molecular complexity index is 867. The Hall–Kier alpha value is -2.29. The van der Waals surface area contributed by atoms with Crippen molar-refractivity contribution in [3.63, 3.8) is 0 Å². The van der Waals surface area contributed by atoms with E-state index in [1.807, 2.05) is 18.2 Å². The van der Waals surface area contributed by atoms with Gasteiger partial charge in [-0.2, -0.15) is 0 Å². The van der Waals surface area contributed by atoms with E-state index in [1.54, 1.807) is 14.2 Å². The van der Waals surface area contributed by atoms with Crippen LogP contribution >= 0.6 is 24.0 Å². The lowest BCUT2D eigenvalue weighted by Gasteiger charge is -2.43. The third-order valence-corrected chi connectivity index (χ3v) is 5.55. The highest BCUT2D eigenvalue weighted by Crippen LogP contribution is 2.43. The van der Waals surface area contributed by atoms with Gasteiger partial charge in [0.15, 0.2) is 5.96 Å². The predicted molar refractivity (Wildman–Crippen MR) is 133 cm³/mol. The minimum Gasteiger partial charge on any atom is -0.495 e. The number of nitrogens with zero attached hydrogens (tertiary/aromatic N) is 1. The number of methoxy groups -OCH3 is 1. The number of anilines is 1. The van der Waals surface area contributed by atoms with Gasteiger partial charge in [-0.1, -0.05) is 42.8 Å². The summed E-state index contributed by atoms with van der Waals surface area (Å²) < 4.78 is 5.31. The van der Waals surface area contributed by atoms with Crippen molar-refractivity contribution in [1.29, 1.82) is 0 Å². The zero-order chi connectivity index (χ0) is 20.7. The molecule has 1 aliphatic carbocycles. The molecule has 1 saturated carbocycles. The van der Waals surface area contributed by atoms with Gasteiger partial charge >= 0.3 is 0 Å². The van der Waals surface area contributed by atoms with Crippen LogP contribution in [0.15, 0.2) is 53.5 Å². The van der Waals surface area contributed by atoms with Crippen LogP contribution in [0.5, 0.6) is 5.75 Å². The number of nitrogens with one attached hydrogen (secondary N) is 3. The number of rotatable bonds is 7. The van der Waals surface area contributed by atoms with Crippen molar-refractivity contribution in [2.75, 3.05) is 26.0 Å². The van der Waals surface area contributed by atoms with Crippen molar-refractivity contribution in [3.8, 4) is 5.75 Å². The summed E-state index contributed by atoms with van der Waals surface area (Å²) in [6.07, 6.45) is 3.65. The molecule has 0 radical (unpaired) electrons. The quantitative estimate of drug-likeness (QED) is 0.292. The Morgan fingerprint density at radius 2 is 1.87 bits per heavy atom. The molecule has 0 spiro atoms. The molecule has 0 heterocycles. The van der Waals surface area contributed by atoms with Crippen LogP contribution in [0.25, 0.3) is 0 Å². The van der Waals surface area contributed by atoms with Crippen LogP contribution in [0.4, 0.5) is 5.69 Å². The molecule has 162 valence electrons. The van der Waals surface area contributed by atoms with E-state index in [4.69, 9.17) is 4.74 Å². The summed E-state index contributed by atoms with van der Waals surface area (Å²) in [6, 6.07) is 16.5. The van der Waals surface area contributed by atoms with Gasteiger partial charge in [-0.05, 0) is 36.1 Å². The van der Waals surface area contributed by atoms with E-state index in [9.17, 15) is 4.79 Å². The molecule has 3 rings (SSSR count). The Morgan fingerprint density at radius 1 is 1.13 bits per heavy atom. The summed E-state index contributed by atoms with van der Waals surface area (Å²) in [6.45, 7) is 2.93. The van der Waals surface area contributed by atoms with E-state index in [1.165, 1.54) is 31.7 Å². The average molecular weight is 522 g/mol. The van der Waals surface area contributed by atoms with Gasteiger partial charge in [-0.15, -0.1) is 24.0 Å². The number of benzene rings is 2. The minimum atomic E-state index is -0.127. The molecule has 7 heteroatoms. The first-order valence-electron chi connectivity index (χ1n) is 10.0. The third-order valence-electron chi connectivity index (χ3n) is 5.55. The van der Waals surface area contributed by atoms with Gasteiger partial charge in [0.2, 0.25) is 5.91 Å². The molecule has 30 heavy (non-hydrogen) atoms. The summed E-state index contributed by atoms with van der Waals surface area (Å²) in [5.74, 6) is 1.28. The third kappa shape index (κ3) is 5.87. The lowest BCUT2D eigenvalue weighted by Crippen LogP contribution is -2.48. The molecular formula is C23H31IN4O2. The van der Waals surface area contributed by atoms with Crippen LogP contribution in [0, 0.1) is 0 Å². The molecule has 0 aromatic heterocycles. The van der Waals surface area contributed by atoms with Crippen LogP contribution in [-0.4, -0.2) is 32.6 Å². The highest BCUT2D eigenvalue weighted by Gasteiger charge is 2.38. The highest BCUT2D eigenvalue weighted by molar-refractivity contribution is 14.0. The molecular weight excluding hydrogens is 491 g/mol. The number of carbonyl (C=O) groups excluding carboxylic acids is 1. The Labute approximate surface area is 195 Å². The highest BCUT2D eigenvalue weighted by atomic mass is 127. The largest absolute Gasteiger partial charge is 0.495 e. The van der Waals surface area contributed by atoms with Crippen LogP contribution < -0.4 is 20.7 Å². The van der Waals surface area contributed by atoms with E-state index in [-0.39, 0.29) is 35.3 Å². The maximum Gasteiger partial charge on any atom is 0.221 e. The number of ether oxygens (including phenoxy) is 1. The normalized spacial score (nSPS) is 14.7. The van der Waals surface area contributed by atoms with E-state index >= 15 is 0 Å². The predicted octanol–water partition coefficient (Wildman–Crippen LogP) is 4.06. The van der Waals surface area contributed by atoms with Crippen LogP contribution in [-0.2, 0) is 16.8 Å². The van der Waals surface area contributed by atoms with Crippen molar-refractivity contribution in [2.24, 2.45) is 4.99 Å². The fourth-order valence-corrected chi connectivity index (χ4v) is 3.77. The molecule has 1 aliphatic rings. The molecule has 1 amide bonds. The van der Waals surface area contributed by atoms with Crippen LogP contribution in [0.2, 0.25) is 0 Å². The van der Waals surface area contributed by atoms with Gasteiger partial charge < -0.3 is 20.7 Å². The summed E-state index contributed by atoms with van der Waals surface area (Å²) in [7, 11) is 3.37. The van der Waals surface area contributed by atoms with E-state index in [0.717, 1.165) is 18.1 Å². The Kier molecular flexibility index (Phi) is 8.95. The number of hydrogen-bond donors (Lipinski definition) is 3. The average Bonchev–Trinajstić information content (AvgIpc) is 2.70. The number of hydrogen-bond acceptors (Lipinski definition) is 3. The van der Waals surface area contributed by atoms with Gasteiger partial charge in [-0.25, -0.2) is 0 Å². The van der Waals surface area contributed by atoms with E-state index < -0.39 is 0 Å². The molecule has 6 nitrogen and oxygen atoms in total. The monoisotopic (exact) mass is 522 g/mol.